The molecule has 0 atom stereocenters. The summed E-state index contributed by atoms with van der Waals surface area (Å²) in [6.07, 6.45) is 2.42. The van der Waals surface area contributed by atoms with Gasteiger partial charge in [-0.2, -0.15) is 0 Å². The molecule has 1 fully saturated rings. The van der Waals surface area contributed by atoms with Crippen LogP contribution in [0, 0.1) is 13.8 Å². The van der Waals surface area contributed by atoms with Gasteiger partial charge >= 0.3 is 0 Å². The maximum Gasteiger partial charge on any atom is 0.154 e. The summed E-state index contributed by atoms with van der Waals surface area (Å²) in [5.74, 6) is 0.921. The summed E-state index contributed by atoms with van der Waals surface area (Å²) in [7, 11) is 0. The molecule has 0 bridgehead atoms. The zero-order valence-electron chi connectivity index (χ0n) is 13.3. The van der Waals surface area contributed by atoms with Crippen LogP contribution in [0.5, 0.6) is 0 Å². The van der Waals surface area contributed by atoms with Gasteiger partial charge in [0.05, 0.1) is 6.04 Å². The van der Waals surface area contributed by atoms with Crippen molar-refractivity contribution in [2.75, 3.05) is 0 Å². The Morgan fingerprint density at radius 2 is 1.80 bits per heavy atom. The second kappa shape index (κ2) is 5.80. The topological polar surface area (TPSA) is 38.4 Å². The fourth-order valence-electron chi connectivity index (χ4n) is 2.22. The zero-order chi connectivity index (χ0) is 14.9. The van der Waals surface area contributed by atoms with E-state index in [4.69, 9.17) is 5.73 Å². The van der Waals surface area contributed by atoms with Crippen molar-refractivity contribution in [1.29, 1.82) is 0 Å². The third-order valence-corrected chi connectivity index (χ3v) is 4.62. The Labute approximate surface area is 127 Å². The summed E-state index contributed by atoms with van der Waals surface area (Å²) in [4.78, 5) is 4.48. The molecule has 1 aromatic rings. The first-order chi connectivity index (χ1) is 9.27. The predicted molar refractivity (Wildman–Crippen MR) is 90.6 cm³/mol. The molecule has 1 aliphatic rings. The van der Waals surface area contributed by atoms with Crippen LogP contribution in [0.1, 0.15) is 55.9 Å². The first-order valence-electron chi connectivity index (χ1n) is 7.34. The van der Waals surface area contributed by atoms with Crippen LogP contribution in [0.25, 0.3) is 0 Å². The van der Waals surface area contributed by atoms with Crippen molar-refractivity contribution in [3.8, 4) is 0 Å². The highest BCUT2D eigenvalue weighted by Crippen LogP contribution is 2.29. The van der Waals surface area contributed by atoms with Crippen LogP contribution >= 0.6 is 11.8 Å². The van der Waals surface area contributed by atoms with Gasteiger partial charge in [0.15, 0.2) is 5.17 Å². The van der Waals surface area contributed by atoms with Crippen molar-refractivity contribution in [3.05, 3.63) is 34.4 Å². The standard InChI is InChI=1S/C17H26N2S/c1-11-8-13(17(3,4)5)9-12(2)15(11)10-20-16(18)19-14-6-7-14/h8-9,14H,6-7,10H2,1-5H3,(H2,18,19). The third kappa shape index (κ3) is 4.02. The number of hydrogen-bond donors (Lipinski definition) is 1. The minimum atomic E-state index is 0.202. The lowest BCUT2D eigenvalue weighted by atomic mass is 9.84. The summed E-state index contributed by atoms with van der Waals surface area (Å²) in [6, 6.07) is 5.14. The summed E-state index contributed by atoms with van der Waals surface area (Å²) in [5, 5.41) is 0.742. The molecule has 0 saturated heterocycles. The molecule has 0 aromatic heterocycles. The van der Waals surface area contributed by atoms with Gasteiger partial charge in [0.2, 0.25) is 0 Å². The van der Waals surface area contributed by atoms with E-state index in [2.05, 4.69) is 51.7 Å². The first-order valence-corrected chi connectivity index (χ1v) is 8.32. The number of hydrogen-bond acceptors (Lipinski definition) is 2. The summed E-state index contributed by atoms with van der Waals surface area (Å²) in [5.41, 5.74) is 11.7. The smallest absolute Gasteiger partial charge is 0.154 e. The van der Waals surface area contributed by atoms with Gasteiger partial charge in [0.25, 0.3) is 0 Å². The lowest BCUT2D eigenvalue weighted by Crippen LogP contribution is -2.13. The average Bonchev–Trinajstić information content (AvgIpc) is 3.10. The van der Waals surface area contributed by atoms with Crippen LogP contribution in [-0.2, 0) is 11.2 Å². The Kier molecular flexibility index (Phi) is 4.48. The third-order valence-electron chi connectivity index (χ3n) is 3.78. The van der Waals surface area contributed by atoms with E-state index in [9.17, 15) is 0 Å². The van der Waals surface area contributed by atoms with Gasteiger partial charge in [0.1, 0.15) is 0 Å². The fraction of sp³-hybridized carbons (Fsp3) is 0.588. The SMILES string of the molecule is Cc1cc(C(C)(C)C)cc(C)c1CSC(N)=NC1CC1. The normalized spacial score (nSPS) is 16.6. The van der Waals surface area contributed by atoms with Crippen molar-refractivity contribution < 1.29 is 0 Å². The molecule has 3 heteroatoms. The van der Waals surface area contributed by atoms with Gasteiger partial charge in [-0.15, -0.1) is 0 Å². The van der Waals surface area contributed by atoms with Crippen molar-refractivity contribution in [1.82, 2.24) is 0 Å². The van der Waals surface area contributed by atoms with Gasteiger partial charge in [-0.25, -0.2) is 0 Å². The second-order valence-corrected chi connectivity index (χ2v) is 7.82. The van der Waals surface area contributed by atoms with Gasteiger partial charge in [-0.05, 0) is 54.4 Å². The van der Waals surface area contributed by atoms with E-state index < -0.39 is 0 Å². The van der Waals surface area contributed by atoms with Crippen molar-refractivity contribution in [3.63, 3.8) is 0 Å². The number of aryl methyl sites for hydroxylation is 2. The van der Waals surface area contributed by atoms with E-state index >= 15 is 0 Å². The quantitative estimate of drug-likeness (QED) is 0.665. The number of nitrogens with two attached hydrogens (primary N) is 1. The van der Waals surface area contributed by atoms with Crippen molar-refractivity contribution >= 4 is 16.9 Å². The second-order valence-electron chi connectivity index (χ2n) is 6.83. The van der Waals surface area contributed by atoms with E-state index in [0.29, 0.717) is 6.04 Å². The highest BCUT2D eigenvalue weighted by molar-refractivity contribution is 8.13. The maximum absolute atomic E-state index is 5.97. The van der Waals surface area contributed by atoms with E-state index in [1.807, 2.05) is 0 Å². The molecule has 2 rings (SSSR count). The van der Waals surface area contributed by atoms with Crippen molar-refractivity contribution in [2.24, 2.45) is 10.7 Å². The average molecular weight is 290 g/mol. The van der Waals surface area contributed by atoms with Gasteiger partial charge in [0, 0.05) is 5.75 Å². The van der Waals surface area contributed by atoms with Gasteiger partial charge < -0.3 is 5.73 Å². The molecule has 2 nitrogen and oxygen atoms in total. The van der Waals surface area contributed by atoms with Crippen LogP contribution in [0.3, 0.4) is 0 Å². The van der Waals surface area contributed by atoms with Crippen LogP contribution in [0.2, 0.25) is 0 Å². The molecule has 1 aliphatic carbocycles. The van der Waals surface area contributed by atoms with E-state index in [1.165, 1.54) is 35.1 Å². The maximum atomic E-state index is 5.97. The molecule has 110 valence electrons. The lowest BCUT2D eigenvalue weighted by Gasteiger charge is -2.22. The molecule has 0 unspecified atom stereocenters. The molecule has 0 aliphatic heterocycles. The minimum Gasteiger partial charge on any atom is -0.379 e. The Morgan fingerprint density at radius 1 is 1.25 bits per heavy atom. The largest absolute Gasteiger partial charge is 0.379 e. The number of thioether (sulfide) groups is 1. The van der Waals surface area contributed by atoms with E-state index in [-0.39, 0.29) is 5.41 Å². The fourth-order valence-corrected chi connectivity index (χ4v) is 3.19. The highest BCUT2D eigenvalue weighted by atomic mass is 32.2. The monoisotopic (exact) mass is 290 g/mol. The molecular formula is C17H26N2S. The first kappa shape index (κ1) is 15.4. The molecule has 0 radical (unpaired) electrons. The molecule has 20 heavy (non-hydrogen) atoms. The van der Waals surface area contributed by atoms with Gasteiger partial charge in [-0.1, -0.05) is 44.7 Å². The number of benzene rings is 1. The molecule has 1 aromatic carbocycles. The number of amidine groups is 1. The van der Waals surface area contributed by atoms with Crippen LogP contribution in [0.15, 0.2) is 17.1 Å². The zero-order valence-corrected chi connectivity index (χ0v) is 14.1. The van der Waals surface area contributed by atoms with E-state index in [0.717, 1.165) is 10.9 Å². The minimum absolute atomic E-state index is 0.202. The number of aliphatic imine (C=N–C) groups is 1. The van der Waals surface area contributed by atoms with Crippen LogP contribution < -0.4 is 5.73 Å². The molecular weight excluding hydrogens is 264 g/mol. The highest BCUT2D eigenvalue weighted by Gasteiger charge is 2.21. The molecule has 0 amide bonds. The lowest BCUT2D eigenvalue weighted by molar-refractivity contribution is 0.589. The van der Waals surface area contributed by atoms with Gasteiger partial charge in [-0.3, -0.25) is 4.99 Å². The summed E-state index contributed by atoms with van der Waals surface area (Å²) in [6.45, 7) is 11.2. The van der Waals surface area contributed by atoms with Crippen molar-refractivity contribution in [2.45, 2.75) is 64.7 Å². The molecule has 0 heterocycles. The molecule has 2 N–H and O–H groups in total. The Bertz CT molecular complexity index is 499. The number of rotatable bonds is 3. The molecule has 0 spiro atoms. The Morgan fingerprint density at radius 3 is 2.25 bits per heavy atom. The number of nitrogens with zero attached hydrogens (tertiary/aromatic N) is 1. The van der Waals surface area contributed by atoms with E-state index in [1.54, 1.807) is 11.8 Å². The summed E-state index contributed by atoms with van der Waals surface area (Å²) < 4.78 is 0. The molecule has 1 saturated carbocycles. The van der Waals surface area contributed by atoms with Crippen LogP contribution in [0.4, 0.5) is 0 Å². The Hall–Kier alpha value is -0.960. The van der Waals surface area contributed by atoms with Crippen LogP contribution in [-0.4, -0.2) is 11.2 Å². The Balaban J connectivity index is 2.12. The summed E-state index contributed by atoms with van der Waals surface area (Å²) >= 11 is 1.67. The predicted octanol–water partition coefficient (Wildman–Crippen LogP) is 4.31.